The molecule has 5 rings (SSSR count). The van der Waals surface area contributed by atoms with Gasteiger partial charge in [0.2, 0.25) is 5.91 Å². The fourth-order valence-electron chi connectivity index (χ4n) is 3.86. The van der Waals surface area contributed by atoms with E-state index in [2.05, 4.69) is 10.4 Å². The van der Waals surface area contributed by atoms with Gasteiger partial charge in [0.25, 0.3) is 11.1 Å². The lowest BCUT2D eigenvalue weighted by Gasteiger charge is -2.25. The van der Waals surface area contributed by atoms with Crippen molar-refractivity contribution in [3.63, 3.8) is 0 Å². The fourth-order valence-corrected chi connectivity index (χ4v) is 5.70. The van der Waals surface area contributed by atoms with E-state index >= 15 is 0 Å². The van der Waals surface area contributed by atoms with Gasteiger partial charge in [0.1, 0.15) is 22.4 Å². The van der Waals surface area contributed by atoms with Crippen molar-refractivity contribution < 1.29 is 23.5 Å². The van der Waals surface area contributed by atoms with Crippen LogP contribution in [-0.4, -0.2) is 41.8 Å². The van der Waals surface area contributed by atoms with Crippen molar-refractivity contribution in [2.45, 2.75) is 10.6 Å². The highest BCUT2D eigenvalue weighted by Gasteiger charge is 2.40. The van der Waals surface area contributed by atoms with Gasteiger partial charge in [-0.2, -0.15) is 0 Å². The molecule has 10 heteroatoms. The van der Waals surface area contributed by atoms with Crippen LogP contribution in [0.2, 0.25) is 0 Å². The zero-order valence-electron chi connectivity index (χ0n) is 20.0. The van der Waals surface area contributed by atoms with E-state index in [9.17, 15) is 9.59 Å². The lowest BCUT2D eigenvalue weighted by atomic mass is 10.1. The van der Waals surface area contributed by atoms with Crippen LogP contribution in [0.3, 0.4) is 0 Å². The van der Waals surface area contributed by atoms with Gasteiger partial charge in [-0.3, -0.25) is 15.0 Å². The van der Waals surface area contributed by atoms with Crippen LogP contribution in [0.4, 0.5) is 0 Å². The summed E-state index contributed by atoms with van der Waals surface area (Å²) in [5, 5.41) is 1.21. The molecule has 3 aromatic carbocycles. The third-order valence-electron chi connectivity index (χ3n) is 5.58. The second-order valence-corrected chi connectivity index (χ2v) is 9.96. The molecule has 1 aliphatic rings. The van der Waals surface area contributed by atoms with Crippen LogP contribution in [0, 0.1) is 0 Å². The maximum Gasteiger partial charge on any atom is 0.280 e. The first-order valence-corrected chi connectivity index (χ1v) is 13.2. The Morgan fingerprint density at radius 1 is 1.05 bits per heavy atom. The second-order valence-electron chi connectivity index (χ2n) is 7.91. The number of benzene rings is 3. The summed E-state index contributed by atoms with van der Waals surface area (Å²) in [5.74, 6) is 0.596. The van der Waals surface area contributed by atoms with E-state index in [0.717, 1.165) is 28.4 Å². The van der Waals surface area contributed by atoms with Gasteiger partial charge in [-0.05, 0) is 30.3 Å². The molecule has 188 valence electrons. The van der Waals surface area contributed by atoms with Gasteiger partial charge < -0.3 is 13.9 Å². The largest absolute Gasteiger partial charge is 0.496 e. The van der Waals surface area contributed by atoms with Gasteiger partial charge in [0, 0.05) is 11.1 Å². The summed E-state index contributed by atoms with van der Waals surface area (Å²) in [6.45, 7) is 0. The van der Waals surface area contributed by atoms with Crippen molar-refractivity contribution in [3.8, 4) is 11.5 Å². The van der Waals surface area contributed by atoms with Crippen LogP contribution < -0.4 is 14.9 Å². The zero-order valence-corrected chi connectivity index (χ0v) is 21.7. The first-order chi connectivity index (χ1) is 18.1. The molecule has 1 N–H and O–H groups in total. The van der Waals surface area contributed by atoms with E-state index in [-0.39, 0.29) is 17.6 Å². The minimum atomic E-state index is -0.525. The topological polar surface area (TPSA) is 93.9 Å². The van der Waals surface area contributed by atoms with Gasteiger partial charge in [-0.1, -0.05) is 72.1 Å². The van der Waals surface area contributed by atoms with E-state index in [1.807, 2.05) is 72.8 Å². The van der Waals surface area contributed by atoms with E-state index < -0.39 is 5.37 Å². The predicted molar refractivity (Wildman–Crippen MR) is 144 cm³/mol. The molecule has 1 aliphatic heterocycles. The highest BCUT2D eigenvalue weighted by Crippen LogP contribution is 2.48. The van der Waals surface area contributed by atoms with Gasteiger partial charge in [-0.25, -0.2) is 9.99 Å². The van der Waals surface area contributed by atoms with E-state index in [1.165, 1.54) is 16.8 Å². The normalized spacial score (nSPS) is 16.4. The van der Waals surface area contributed by atoms with Crippen molar-refractivity contribution >= 4 is 52.5 Å². The summed E-state index contributed by atoms with van der Waals surface area (Å²) in [5.41, 5.74) is 5.68. The summed E-state index contributed by atoms with van der Waals surface area (Å²) < 4.78 is 16.7. The number of hydrogen-bond donors (Lipinski definition) is 1. The first kappa shape index (κ1) is 24.8. The number of amides is 2. The molecule has 0 radical (unpaired) electrons. The lowest BCUT2D eigenvalue weighted by molar-refractivity contribution is -0.137. The number of oxazole rings is 1. The summed E-state index contributed by atoms with van der Waals surface area (Å²) in [6.07, 6.45) is 1.77. The van der Waals surface area contributed by atoms with Gasteiger partial charge in [-0.15, -0.1) is 0 Å². The highest BCUT2D eigenvalue weighted by molar-refractivity contribution is 8.04. The van der Waals surface area contributed by atoms with Crippen LogP contribution in [0.25, 0.3) is 17.2 Å². The Labute approximate surface area is 222 Å². The predicted octanol–water partition coefficient (Wildman–Crippen LogP) is 5.28. The number of thioether (sulfide) groups is 2. The zero-order chi connectivity index (χ0) is 25.8. The third kappa shape index (κ3) is 5.30. The van der Waals surface area contributed by atoms with Gasteiger partial charge in [0.15, 0.2) is 5.58 Å². The number of hydrazine groups is 1. The maximum atomic E-state index is 13.5. The van der Waals surface area contributed by atoms with Crippen LogP contribution in [0.15, 0.2) is 87.3 Å². The van der Waals surface area contributed by atoms with Crippen LogP contribution >= 0.6 is 23.5 Å². The number of hydrogen-bond acceptors (Lipinski definition) is 8. The fraction of sp³-hybridized carbons (Fsp3) is 0.148. The number of nitrogens with one attached hydrogen (secondary N) is 1. The minimum Gasteiger partial charge on any atom is -0.496 e. The van der Waals surface area contributed by atoms with E-state index in [0.29, 0.717) is 27.2 Å². The first-order valence-electron chi connectivity index (χ1n) is 11.3. The Bertz CT molecular complexity index is 1450. The third-order valence-corrected chi connectivity index (χ3v) is 7.64. The van der Waals surface area contributed by atoms with Gasteiger partial charge in [0.05, 0.1) is 24.9 Å². The molecule has 0 bridgehead atoms. The molecule has 1 atom stereocenters. The van der Waals surface area contributed by atoms with Crippen molar-refractivity contribution in [3.05, 3.63) is 88.8 Å². The number of nitrogens with zero attached hydrogens (tertiary/aromatic N) is 2. The van der Waals surface area contributed by atoms with Crippen molar-refractivity contribution in [2.75, 3.05) is 20.0 Å². The van der Waals surface area contributed by atoms with Crippen molar-refractivity contribution in [2.24, 2.45) is 0 Å². The van der Waals surface area contributed by atoms with Crippen LogP contribution in [0.1, 0.15) is 16.5 Å². The molecule has 37 heavy (non-hydrogen) atoms. The Morgan fingerprint density at radius 2 is 1.76 bits per heavy atom. The molecule has 2 heterocycles. The smallest absolute Gasteiger partial charge is 0.280 e. The van der Waals surface area contributed by atoms with Gasteiger partial charge >= 0.3 is 0 Å². The molecular weight excluding hydrogens is 510 g/mol. The number of carbonyl (C=O) groups excluding carboxylic acids is 2. The summed E-state index contributed by atoms with van der Waals surface area (Å²) >= 11 is 2.49. The average molecular weight is 534 g/mol. The van der Waals surface area contributed by atoms with Crippen molar-refractivity contribution in [1.29, 1.82) is 0 Å². The minimum absolute atomic E-state index is 0.0193. The summed E-state index contributed by atoms with van der Waals surface area (Å²) in [4.78, 5) is 31.3. The van der Waals surface area contributed by atoms with Crippen LogP contribution in [0.5, 0.6) is 11.5 Å². The van der Waals surface area contributed by atoms with E-state index in [1.54, 1.807) is 20.3 Å². The molecule has 0 spiro atoms. The monoisotopic (exact) mass is 533 g/mol. The lowest BCUT2D eigenvalue weighted by Crippen LogP contribution is -2.45. The standard InChI is InChI=1S/C27H23N3O5S2/c1-33-20-12-6-3-9-17(20)15-23-25(32)30(26(37-23)18-10-4-7-13-21(18)34-2)29-24(31)16-36-27-28-19-11-5-8-14-22(19)35-27/h3-15,26H,16H2,1-2H3,(H,29,31)/b23-15-. The van der Waals surface area contributed by atoms with E-state index in [4.69, 9.17) is 13.9 Å². The number of carbonyl (C=O) groups is 2. The molecule has 4 aromatic rings. The maximum absolute atomic E-state index is 13.5. The molecule has 1 aromatic heterocycles. The molecule has 2 amide bonds. The molecule has 0 aliphatic carbocycles. The molecule has 1 unspecified atom stereocenters. The molecule has 1 saturated heterocycles. The summed E-state index contributed by atoms with van der Waals surface area (Å²) in [7, 11) is 3.16. The Hall–Kier alpha value is -3.89. The SMILES string of the molecule is COc1ccccc1/C=C1\SC(c2ccccc2OC)N(NC(=O)CSc2nc3ccccc3o2)C1=O. The molecule has 0 saturated carbocycles. The second kappa shape index (κ2) is 11.0. The Morgan fingerprint density at radius 3 is 2.54 bits per heavy atom. The number of aromatic nitrogens is 1. The average Bonchev–Trinajstić information content (AvgIpc) is 3.48. The molecule has 8 nitrogen and oxygen atoms in total. The number of para-hydroxylation sites is 4. The molecule has 1 fully saturated rings. The Balaban J connectivity index is 1.39. The summed E-state index contributed by atoms with van der Waals surface area (Å²) in [6, 6.07) is 22.3. The van der Waals surface area contributed by atoms with Crippen LogP contribution in [-0.2, 0) is 9.59 Å². The van der Waals surface area contributed by atoms with Crippen molar-refractivity contribution in [1.82, 2.24) is 15.4 Å². The quantitative estimate of drug-likeness (QED) is 0.241. The number of fused-ring (bicyclic) bond motifs is 1. The number of rotatable bonds is 8. The number of methoxy groups -OCH3 is 2. The molecular formula is C27H23N3O5S2. The number of ether oxygens (including phenoxy) is 2. The highest BCUT2D eigenvalue weighted by atomic mass is 32.2. The Kier molecular flexibility index (Phi) is 7.38.